The third-order valence-corrected chi connectivity index (χ3v) is 8.16. The molecule has 29 nitrogen and oxygen atoms in total. The van der Waals surface area contributed by atoms with E-state index in [2.05, 4.69) is 30.4 Å². The minimum absolute atomic E-state index is 0.832. The highest BCUT2D eigenvalue weighted by molar-refractivity contribution is 9.10. The third kappa shape index (κ3) is 5.65. The van der Waals surface area contributed by atoms with Gasteiger partial charge < -0.3 is 132 Å². The summed E-state index contributed by atoms with van der Waals surface area (Å²) in [5.74, 6) is -44.3. The molecule has 24 N–H and O–H groups in total. The molecule has 2 heterocycles. The number of anilines is 2. The number of nitrogens with one attached hydrogen (secondary N) is 2. The highest BCUT2D eigenvalue weighted by Gasteiger charge is 2.93. The molecule has 1 aromatic heterocycles. The first kappa shape index (κ1) is 41.4. The number of phenolic OH excluding ortho intramolecular Hbond substituents is 5. The average Bonchev–Trinajstić information content (AvgIpc) is 2.98. The first-order chi connectivity index (χ1) is 23.5. The molecule has 0 spiro atoms. The second-order valence-electron chi connectivity index (χ2n) is 10.8. The van der Waals surface area contributed by atoms with E-state index in [-0.39, 0.29) is 0 Å². The Bertz CT molecular complexity index is 2000. The van der Waals surface area contributed by atoms with Crippen molar-refractivity contribution in [3.63, 3.8) is 0 Å². The van der Waals surface area contributed by atoms with Gasteiger partial charge in [0, 0.05) is 0 Å². The number of aromatic amines is 1. The second-order valence-corrected chi connectivity index (χ2v) is 11.6. The molecule has 3 aromatic rings. The van der Waals surface area contributed by atoms with Gasteiger partial charge in [-0.2, -0.15) is 4.98 Å². The van der Waals surface area contributed by atoms with Crippen LogP contribution < -0.4 is 20.5 Å². The van der Waals surface area contributed by atoms with Crippen LogP contribution in [0.3, 0.4) is 0 Å². The van der Waals surface area contributed by atoms with Crippen molar-refractivity contribution < 1.29 is 126 Å². The van der Waals surface area contributed by atoms with Crippen LogP contribution >= 0.6 is 15.9 Å². The van der Waals surface area contributed by atoms with Crippen molar-refractivity contribution in [1.82, 2.24) is 14.9 Å². The first-order valence-corrected chi connectivity index (χ1v) is 13.7. The van der Waals surface area contributed by atoms with Gasteiger partial charge >= 0.3 is 23.9 Å². The maximum atomic E-state index is 14.9. The number of halogens is 2. The lowest BCUT2D eigenvalue weighted by molar-refractivity contribution is -0.665. The van der Waals surface area contributed by atoms with Crippen LogP contribution in [0.2, 0.25) is 0 Å². The number of nitrogens with zero attached hydrogens (tertiary/aromatic N) is 2. The Kier molecular flexibility index (Phi) is 9.25. The number of rotatable bonds is 8. The first-order valence-electron chi connectivity index (χ1n) is 12.9. The van der Waals surface area contributed by atoms with E-state index in [4.69, 9.17) is 0 Å². The summed E-state index contributed by atoms with van der Waals surface area (Å²) in [6.07, 6.45) is -9.85. The number of phenols is 5. The van der Waals surface area contributed by atoms with Gasteiger partial charge in [-0.1, -0.05) is 0 Å². The molecule has 0 amide bonds. The number of piperidine rings is 1. The molecule has 4 rings (SSSR count). The van der Waals surface area contributed by atoms with E-state index in [0.717, 1.165) is 0 Å². The van der Waals surface area contributed by atoms with Gasteiger partial charge in [-0.15, -0.1) is 4.90 Å². The minimum atomic E-state index is -5.90. The van der Waals surface area contributed by atoms with Crippen LogP contribution in [0.15, 0.2) is 9.27 Å². The largest absolute Gasteiger partial charge is 0.504 e. The molecule has 0 aliphatic carbocycles. The standard InChI is InChI=1S/C22H24BrFN4O25/c23-2-7(30)3(24)5(9(32)8(2)31)25-13-1-4(26-14(34)27-13)10(33)12(11(6(1)29)53-22(49,50)51)52-20(44,45)15(35)16(36,37)18(40,41)28(21(46,47)48)19(42,43)17(15,38)39/h29-33,35-51H,(H2,25,26,27,34). The highest BCUT2D eigenvalue weighted by atomic mass is 79.9. The summed E-state index contributed by atoms with van der Waals surface area (Å²) in [6.45, 7) is 0. The molecule has 1 saturated heterocycles. The lowest BCUT2D eigenvalue weighted by Crippen LogP contribution is -2.99. The quantitative estimate of drug-likeness (QED) is 0.0568. The normalized spacial score (nSPS) is 19.6. The van der Waals surface area contributed by atoms with Gasteiger partial charge in [-0.25, -0.2) is 9.18 Å². The highest BCUT2D eigenvalue weighted by Crippen LogP contribution is 2.58. The van der Waals surface area contributed by atoms with E-state index in [0.29, 0.717) is 0 Å². The summed E-state index contributed by atoms with van der Waals surface area (Å²) >= 11 is 2.53. The Morgan fingerprint density at radius 1 is 0.717 bits per heavy atom. The van der Waals surface area contributed by atoms with Crippen molar-refractivity contribution in [3.8, 4) is 40.2 Å². The topological polar surface area (TPSA) is 525 Å². The van der Waals surface area contributed by atoms with Crippen LogP contribution in [0.5, 0.6) is 40.2 Å². The van der Waals surface area contributed by atoms with Crippen LogP contribution in [-0.4, -0.2) is 174 Å². The van der Waals surface area contributed by atoms with Crippen molar-refractivity contribution in [1.29, 1.82) is 0 Å². The Labute approximate surface area is 293 Å². The summed E-state index contributed by atoms with van der Waals surface area (Å²) in [7, 11) is 0. The molecule has 1 aliphatic rings. The average molecular weight is 843 g/mol. The molecule has 53 heavy (non-hydrogen) atoms. The van der Waals surface area contributed by atoms with Crippen molar-refractivity contribution in [2.24, 2.45) is 0 Å². The van der Waals surface area contributed by atoms with Crippen LogP contribution in [0.4, 0.5) is 15.9 Å². The number of H-pyrrole nitrogens is 1. The van der Waals surface area contributed by atoms with E-state index in [1.54, 1.807) is 10.3 Å². The number of aromatic nitrogens is 2. The number of hydrogen-bond acceptors (Lipinski definition) is 28. The number of fused-ring (bicyclic) bond motifs is 1. The molecule has 31 heteroatoms. The molecule has 0 radical (unpaired) electrons. The fraction of sp³-hybridized carbons (Fsp3) is 0.364. The van der Waals surface area contributed by atoms with Gasteiger partial charge in [-0.05, 0) is 15.9 Å². The van der Waals surface area contributed by atoms with Crippen molar-refractivity contribution in [2.75, 3.05) is 5.32 Å². The molecule has 296 valence electrons. The zero-order valence-electron chi connectivity index (χ0n) is 24.7. The van der Waals surface area contributed by atoms with Gasteiger partial charge in [0.2, 0.25) is 11.5 Å². The molecule has 0 bridgehead atoms. The maximum absolute atomic E-state index is 14.9. The molecule has 0 saturated carbocycles. The Morgan fingerprint density at radius 2 is 1.19 bits per heavy atom. The summed E-state index contributed by atoms with van der Waals surface area (Å²) in [5.41, 5.74) is -10.4. The number of likely N-dealkylation sites (tertiary alicyclic amines) is 1. The summed E-state index contributed by atoms with van der Waals surface area (Å²) in [6, 6.07) is 0. The smallest absolute Gasteiger partial charge is 0.453 e. The van der Waals surface area contributed by atoms with Crippen molar-refractivity contribution in [3.05, 3.63) is 20.8 Å². The van der Waals surface area contributed by atoms with Gasteiger partial charge in [0.1, 0.15) is 21.5 Å². The number of ether oxygens (including phenoxy) is 2. The molecule has 1 fully saturated rings. The molecule has 0 unspecified atom stereocenters. The molecular formula is C22H24BrFN4O25. The molecule has 2 aromatic carbocycles. The number of aliphatic hydroxyl groups is 17. The lowest BCUT2D eigenvalue weighted by Gasteiger charge is -2.64. The SMILES string of the molecule is O=c1nc(Nc2c(O)c(O)c(Br)c(O)c2F)c2c(O)c(OC(O)(O)O)c(OC(O)(O)C3(O)C(O)(O)C(O)(O)N(C(O)(O)O)C(O)(O)C3(O)O)c(O)c2[nH]1. The van der Waals surface area contributed by atoms with Crippen molar-refractivity contribution in [2.45, 2.75) is 47.2 Å². The monoisotopic (exact) mass is 842 g/mol. The van der Waals surface area contributed by atoms with Gasteiger partial charge in [0.05, 0.1) is 5.39 Å². The number of hydrogen-bond donors (Lipinski definition) is 24. The van der Waals surface area contributed by atoms with E-state index in [9.17, 15) is 122 Å². The van der Waals surface area contributed by atoms with Crippen LogP contribution in [-0.2, 0) is 0 Å². The maximum Gasteiger partial charge on any atom is 0.453 e. The van der Waals surface area contributed by atoms with E-state index in [1.165, 1.54) is 0 Å². The predicted octanol–water partition coefficient (Wildman–Crippen LogP) is -9.65. The van der Waals surface area contributed by atoms with Crippen LogP contribution in [0.25, 0.3) is 10.9 Å². The van der Waals surface area contributed by atoms with Gasteiger partial charge in [-0.3, -0.25) is 0 Å². The number of aromatic hydroxyl groups is 5. The summed E-state index contributed by atoms with van der Waals surface area (Å²) < 4.78 is 22.5. The van der Waals surface area contributed by atoms with Crippen molar-refractivity contribution >= 4 is 38.3 Å². The lowest BCUT2D eigenvalue weighted by atomic mass is 9.72. The molecule has 0 atom stereocenters. The molecular weight excluding hydrogens is 819 g/mol. The third-order valence-electron chi connectivity index (χ3n) is 7.41. The number of benzene rings is 2. The van der Waals surface area contributed by atoms with Gasteiger partial charge in [0.25, 0.3) is 29.0 Å². The fourth-order valence-electron chi connectivity index (χ4n) is 4.97. The van der Waals surface area contributed by atoms with E-state index >= 15 is 0 Å². The fourth-order valence-corrected chi connectivity index (χ4v) is 5.33. The Balaban J connectivity index is 2.08. The minimum Gasteiger partial charge on any atom is -0.504 e. The molecule has 1 aliphatic heterocycles. The van der Waals surface area contributed by atoms with Crippen LogP contribution in [0, 0.1) is 5.82 Å². The van der Waals surface area contributed by atoms with Crippen LogP contribution in [0.1, 0.15) is 0 Å². The zero-order chi connectivity index (χ0) is 41.2. The Morgan fingerprint density at radius 3 is 1.64 bits per heavy atom. The Hall–Kier alpha value is -4.33. The summed E-state index contributed by atoms with van der Waals surface area (Å²) in [4.78, 5) is 15.2. The second kappa shape index (κ2) is 11.8. The van der Waals surface area contributed by atoms with E-state index in [1.807, 2.05) is 0 Å². The summed E-state index contributed by atoms with van der Waals surface area (Å²) in [5, 5.41) is 224. The van der Waals surface area contributed by atoms with Gasteiger partial charge in [0.15, 0.2) is 34.6 Å². The predicted molar refractivity (Wildman–Crippen MR) is 151 cm³/mol. The zero-order valence-corrected chi connectivity index (χ0v) is 26.3. The van der Waals surface area contributed by atoms with E-state index < -0.39 is 131 Å².